The predicted octanol–water partition coefficient (Wildman–Crippen LogP) is 3.35. The van der Waals surface area contributed by atoms with E-state index in [1.807, 2.05) is 24.3 Å². The molecule has 104 valence electrons. The van der Waals surface area contributed by atoms with Crippen molar-refractivity contribution in [1.29, 1.82) is 0 Å². The molecule has 0 bridgehead atoms. The van der Waals surface area contributed by atoms with E-state index in [0.29, 0.717) is 13.2 Å². The molecule has 0 atom stereocenters. The molecule has 5 nitrogen and oxygen atoms in total. The molecule has 0 fully saturated rings. The summed E-state index contributed by atoms with van der Waals surface area (Å²) in [7, 11) is 1.66. The summed E-state index contributed by atoms with van der Waals surface area (Å²) >= 11 is 0. The van der Waals surface area contributed by atoms with Crippen molar-refractivity contribution in [2.24, 2.45) is 0 Å². The standard InChI is InChI=1S/C15H16N2O3/c1-20-11-13-3-2-4-14(9-13)16-10-12-5-7-15(8-6-12)17(18)19/h2-9,16H,10-11H2,1H3. The van der Waals surface area contributed by atoms with Crippen LogP contribution in [0.15, 0.2) is 48.5 Å². The zero-order chi connectivity index (χ0) is 14.4. The molecule has 0 amide bonds. The zero-order valence-electron chi connectivity index (χ0n) is 11.2. The summed E-state index contributed by atoms with van der Waals surface area (Å²) in [4.78, 5) is 10.2. The van der Waals surface area contributed by atoms with Gasteiger partial charge in [0, 0.05) is 31.5 Å². The van der Waals surface area contributed by atoms with E-state index in [4.69, 9.17) is 4.74 Å². The van der Waals surface area contributed by atoms with Crippen LogP contribution in [-0.4, -0.2) is 12.0 Å². The third-order valence-corrected chi connectivity index (χ3v) is 2.88. The van der Waals surface area contributed by atoms with Crippen LogP contribution < -0.4 is 5.32 Å². The Morgan fingerprint density at radius 2 is 1.90 bits per heavy atom. The molecule has 0 spiro atoms. The molecule has 2 aromatic carbocycles. The number of nitro groups is 1. The van der Waals surface area contributed by atoms with Crippen LogP contribution in [0.1, 0.15) is 11.1 Å². The molecular weight excluding hydrogens is 256 g/mol. The molecule has 0 aromatic heterocycles. The minimum absolute atomic E-state index is 0.107. The summed E-state index contributed by atoms with van der Waals surface area (Å²) in [5, 5.41) is 13.9. The van der Waals surface area contributed by atoms with Crippen molar-refractivity contribution >= 4 is 11.4 Å². The summed E-state index contributed by atoms with van der Waals surface area (Å²) in [6.07, 6.45) is 0. The van der Waals surface area contributed by atoms with E-state index in [1.54, 1.807) is 19.2 Å². The Bertz CT molecular complexity index is 582. The van der Waals surface area contributed by atoms with E-state index in [2.05, 4.69) is 5.32 Å². The number of benzene rings is 2. The number of nitrogens with zero attached hydrogens (tertiary/aromatic N) is 1. The number of ether oxygens (including phenoxy) is 1. The van der Waals surface area contributed by atoms with Gasteiger partial charge in [-0.15, -0.1) is 0 Å². The molecule has 2 aromatic rings. The topological polar surface area (TPSA) is 64.4 Å². The van der Waals surface area contributed by atoms with Crippen LogP contribution in [0.2, 0.25) is 0 Å². The maximum Gasteiger partial charge on any atom is 0.269 e. The Morgan fingerprint density at radius 1 is 1.15 bits per heavy atom. The Morgan fingerprint density at radius 3 is 2.55 bits per heavy atom. The number of nitro benzene ring substituents is 1. The lowest BCUT2D eigenvalue weighted by atomic mass is 10.2. The number of rotatable bonds is 6. The predicted molar refractivity (Wildman–Crippen MR) is 77.6 cm³/mol. The number of hydrogen-bond donors (Lipinski definition) is 1. The van der Waals surface area contributed by atoms with Crippen LogP contribution >= 0.6 is 0 Å². The van der Waals surface area contributed by atoms with Crippen LogP contribution in [0, 0.1) is 10.1 Å². The summed E-state index contributed by atoms with van der Waals surface area (Å²) < 4.78 is 5.09. The highest BCUT2D eigenvalue weighted by Gasteiger charge is 2.03. The minimum Gasteiger partial charge on any atom is -0.381 e. The minimum atomic E-state index is -0.397. The third-order valence-electron chi connectivity index (χ3n) is 2.88. The maximum atomic E-state index is 10.6. The van der Waals surface area contributed by atoms with Crippen molar-refractivity contribution < 1.29 is 9.66 Å². The molecule has 0 radical (unpaired) electrons. The average molecular weight is 272 g/mol. The summed E-state index contributed by atoms with van der Waals surface area (Å²) in [6, 6.07) is 14.5. The number of non-ortho nitro benzene ring substituents is 1. The van der Waals surface area contributed by atoms with Gasteiger partial charge in [-0.2, -0.15) is 0 Å². The molecule has 0 saturated heterocycles. The summed E-state index contributed by atoms with van der Waals surface area (Å²) in [5.74, 6) is 0. The van der Waals surface area contributed by atoms with E-state index in [-0.39, 0.29) is 5.69 Å². The second kappa shape index (κ2) is 6.68. The van der Waals surface area contributed by atoms with Crippen LogP contribution in [0.5, 0.6) is 0 Å². The van der Waals surface area contributed by atoms with Crippen LogP contribution in [0.4, 0.5) is 11.4 Å². The first-order chi connectivity index (χ1) is 9.69. The molecule has 0 heterocycles. The Balaban J connectivity index is 1.97. The van der Waals surface area contributed by atoms with Gasteiger partial charge < -0.3 is 10.1 Å². The van der Waals surface area contributed by atoms with Crippen molar-refractivity contribution in [2.45, 2.75) is 13.2 Å². The van der Waals surface area contributed by atoms with Gasteiger partial charge in [0.1, 0.15) is 0 Å². The van der Waals surface area contributed by atoms with E-state index >= 15 is 0 Å². The lowest BCUT2D eigenvalue weighted by Gasteiger charge is -2.08. The van der Waals surface area contributed by atoms with E-state index in [0.717, 1.165) is 16.8 Å². The van der Waals surface area contributed by atoms with Gasteiger partial charge in [-0.25, -0.2) is 0 Å². The van der Waals surface area contributed by atoms with Crippen LogP contribution in [0.25, 0.3) is 0 Å². The SMILES string of the molecule is COCc1cccc(NCc2ccc([N+](=O)[O-])cc2)c1. The summed E-state index contributed by atoms with van der Waals surface area (Å²) in [5.41, 5.74) is 3.20. The first-order valence-electron chi connectivity index (χ1n) is 6.24. The Labute approximate surface area is 117 Å². The number of hydrogen-bond acceptors (Lipinski definition) is 4. The fourth-order valence-electron chi connectivity index (χ4n) is 1.88. The van der Waals surface area contributed by atoms with Crippen LogP contribution in [0.3, 0.4) is 0 Å². The fourth-order valence-corrected chi connectivity index (χ4v) is 1.88. The van der Waals surface area contributed by atoms with Gasteiger partial charge in [0.15, 0.2) is 0 Å². The van der Waals surface area contributed by atoms with Crippen molar-refractivity contribution in [3.05, 3.63) is 69.8 Å². The van der Waals surface area contributed by atoms with E-state index in [1.165, 1.54) is 12.1 Å². The lowest BCUT2D eigenvalue weighted by molar-refractivity contribution is -0.384. The van der Waals surface area contributed by atoms with Crippen molar-refractivity contribution in [3.8, 4) is 0 Å². The normalized spacial score (nSPS) is 10.2. The first-order valence-corrected chi connectivity index (χ1v) is 6.24. The monoisotopic (exact) mass is 272 g/mol. The summed E-state index contributed by atoms with van der Waals surface area (Å²) in [6.45, 7) is 1.20. The number of nitrogens with one attached hydrogen (secondary N) is 1. The molecule has 5 heteroatoms. The highest BCUT2D eigenvalue weighted by atomic mass is 16.6. The Hall–Kier alpha value is -2.40. The molecule has 0 aliphatic carbocycles. The molecule has 20 heavy (non-hydrogen) atoms. The van der Waals surface area contributed by atoms with Crippen molar-refractivity contribution in [1.82, 2.24) is 0 Å². The quantitative estimate of drug-likeness (QED) is 0.647. The van der Waals surface area contributed by atoms with Gasteiger partial charge >= 0.3 is 0 Å². The Kier molecular flexibility index (Phi) is 4.68. The zero-order valence-corrected chi connectivity index (χ0v) is 11.2. The molecular formula is C15H16N2O3. The van der Waals surface area contributed by atoms with E-state index in [9.17, 15) is 10.1 Å². The van der Waals surface area contributed by atoms with Gasteiger partial charge in [-0.05, 0) is 23.3 Å². The smallest absolute Gasteiger partial charge is 0.269 e. The molecule has 0 saturated carbocycles. The van der Waals surface area contributed by atoms with Gasteiger partial charge in [-0.1, -0.05) is 24.3 Å². The maximum absolute atomic E-state index is 10.6. The molecule has 0 aliphatic heterocycles. The van der Waals surface area contributed by atoms with Crippen LogP contribution in [-0.2, 0) is 17.9 Å². The fraction of sp³-hybridized carbons (Fsp3) is 0.200. The second-order valence-electron chi connectivity index (χ2n) is 4.41. The number of anilines is 1. The first kappa shape index (κ1) is 14.0. The second-order valence-corrected chi connectivity index (χ2v) is 4.41. The highest BCUT2D eigenvalue weighted by Crippen LogP contribution is 2.15. The van der Waals surface area contributed by atoms with Crippen molar-refractivity contribution in [3.63, 3.8) is 0 Å². The van der Waals surface area contributed by atoms with Gasteiger partial charge in [0.2, 0.25) is 0 Å². The molecule has 1 N–H and O–H groups in total. The van der Waals surface area contributed by atoms with Gasteiger partial charge in [0.25, 0.3) is 5.69 Å². The largest absolute Gasteiger partial charge is 0.381 e. The lowest BCUT2D eigenvalue weighted by Crippen LogP contribution is -2.00. The molecule has 0 aliphatic rings. The van der Waals surface area contributed by atoms with E-state index < -0.39 is 4.92 Å². The highest BCUT2D eigenvalue weighted by molar-refractivity contribution is 5.46. The average Bonchev–Trinajstić information content (AvgIpc) is 2.46. The van der Waals surface area contributed by atoms with Gasteiger partial charge in [0.05, 0.1) is 11.5 Å². The third kappa shape index (κ3) is 3.80. The van der Waals surface area contributed by atoms with Gasteiger partial charge in [-0.3, -0.25) is 10.1 Å². The molecule has 2 rings (SSSR count). The number of methoxy groups -OCH3 is 1. The van der Waals surface area contributed by atoms with Crippen molar-refractivity contribution in [2.75, 3.05) is 12.4 Å². The molecule has 0 unspecified atom stereocenters.